The van der Waals surface area contributed by atoms with E-state index in [1.54, 1.807) is 42.9 Å². The maximum absolute atomic E-state index is 11.9. The number of nitrogens with zero attached hydrogens (tertiary/aromatic N) is 2. The van der Waals surface area contributed by atoms with Crippen LogP contribution in [0.25, 0.3) is 0 Å². The number of rotatable bonds is 5. The van der Waals surface area contributed by atoms with Crippen LogP contribution in [0.15, 0.2) is 42.9 Å². The largest absolute Gasteiger partial charge is 0.267 e. The van der Waals surface area contributed by atoms with E-state index in [0.717, 1.165) is 9.13 Å². The Morgan fingerprint density at radius 3 is 2.53 bits per heavy atom. The normalized spacial score (nSPS) is 11.2. The van der Waals surface area contributed by atoms with E-state index in [1.165, 1.54) is 0 Å². The molecule has 0 bridgehead atoms. The van der Waals surface area contributed by atoms with Gasteiger partial charge in [0.15, 0.2) is 0 Å². The van der Waals surface area contributed by atoms with Crippen LogP contribution in [0.1, 0.15) is 5.56 Å². The number of pyridine rings is 2. The topological polar surface area (TPSA) is 72.0 Å². The Hall–Kier alpha value is -1.22. The Bertz CT molecular complexity index is 630. The summed E-state index contributed by atoms with van der Waals surface area (Å²) in [5.74, 6) is 0.361. The molecule has 0 spiro atoms. The lowest BCUT2D eigenvalue weighted by molar-refractivity contribution is 0.600. The highest BCUT2D eigenvalue weighted by molar-refractivity contribution is 14.1. The second-order valence-corrected chi connectivity index (χ2v) is 6.98. The Morgan fingerprint density at radius 1 is 1.16 bits per heavy atom. The van der Waals surface area contributed by atoms with Crippen molar-refractivity contribution in [3.05, 3.63) is 52.0 Å². The second-order valence-electron chi connectivity index (χ2n) is 3.89. The lowest BCUT2D eigenvalue weighted by Crippen LogP contribution is -2.18. The van der Waals surface area contributed by atoms with Gasteiger partial charge in [0.2, 0.25) is 10.0 Å². The number of nitrogens with one attached hydrogen (secondary N) is 1. The van der Waals surface area contributed by atoms with Gasteiger partial charge in [-0.3, -0.25) is 9.71 Å². The van der Waals surface area contributed by atoms with Gasteiger partial charge < -0.3 is 0 Å². The molecule has 0 aliphatic heterocycles. The van der Waals surface area contributed by atoms with Crippen molar-refractivity contribution in [1.29, 1.82) is 0 Å². The van der Waals surface area contributed by atoms with Gasteiger partial charge in [0.1, 0.15) is 5.82 Å². The fourth-order valence-electron chi connectivity index (χ4n) is 1.45. The quantitative estimate of drug-likeness (QED) is 0.795. The van der Waals surface area contributed by atoms with Crippen LogP contribution < -0.4 is 4.72 Å². The van der Waals surface area contributed by atoms with E-state index in [9.17, 15) is 8.42 Å². The molecule has 0 saturated carbocycles. The van der Waals surface area contributed by atoms with Crippen molar-refractivity contribution in [1.82, 2.24) is 9.97 Å². The van der Waals surface area contributed by atoms with Crippen LogP contribution >= 0.6 is 22.6 Å². The molecule has 0 aliphatic carbocycles. The Balaban J connectivity index is 1.97. The van der Waals surface area contributed by atoms with Gasteiger partial charge in [0, 0.05) is 22.2 Å². The number of sulfonamides is 1. The minimum absolute atomic E-state index is 0.0185. The molecule has 0 fully saturated rings. The number of halogens is 1. The van der Waals surface area contributed by atoms with E-state index >= 15 is 0 Å². The SMILES string of the molecule is O=S(=O)(CCc1ccncc1)Nc1ccc(I)cn1. The molecule has 19 heavy (non-hydrogen) atoms. The smallest absolute Gasteiger partial charge is 0.234 e. The summed E-state index contributed by atoms with van der Waals surface area (Å²) < 4.78 is 27.2. The summed E-state index contributed by atoms with van der Waals surface area (Å²) in [6.45, 7) is 0. The van der Waals surface area contributed by atoms with Crippen LogP contribution in [0, 0.1) is 3.57 Å². The molecule has 0 amide bonds. The predicted octanol–water partition coefficient (Wildman–Crippen LogP) is 2.07. The molecule has 2 heterocycles. The average molecular weight is 389 g/mol. The number of aromatic nitrogens is 2. The van der Waals surface area contributed by atoms with Crippen LogP contribution in [0.4, 0.5) is 5.82 Å². The van der Waals surface area contributed by atoms with Gasteiger partial charge in [0.25, 0.3) is 0 Å². The monoisotopic (exact) mass is 389 g/mol. The Kier molecular flexibility index (Phi) is 4.70. The van der Waals surface area contributed by atoms with E-state index < -0.39 is 10.0 Å². The summed E-state index contributed by atoms with van der Waals surface area (Å²) in [4.78, 5) is 7.90. The van der Waals surface area contributed by atoms with Gasteiger partial charge in [-0.05, 0) is 58.8 Å². The molecule has 1 N–H and O–H groups in total. The van der Waals surface area contributed by atoms with Crippen molar-refractivity contribution in [2.45, 2.75) is 6.42 Å². The van der Waals surface area contributed by atoms with E-state index in [0.29, 0.717) is 12.2 Å². The molecule has 0 atom stereocenters. The number of aryl methyl sites for hydroxylation is 1. The van der Waals surface area contributed by atoms with Crippen molar-refractivity contribution < 1.29 is 8.42 Å². The first kappa shape index (κ1) is 14.2. The molecular weight excluding hydrogens is 377 g/mol. The number of hydrogen-bond acceptors (Lipinski definition) is 4. The first-order valence-electron chi connectivity index (χ1n) is 5.56. The maximum Gasteiger partial charge on any atom is 0.234 e. The molecule has 0 saturated heterocycles. The summed E-state index contributed by atoms with van der Waals surface area (Å²) in [7, 11) is -3.38. The number of anilines is 1. The van der Waals surface area contributed by atoms with E-state index in [4.69, 9.17) is 0 Å². The lowest BCUT2D eigenvalue weighted by atomic mass is 10.2. The Morgan fingerprint density at radius 2 is 1.89 bits per heavy atom. The lowest BCUT2D eigenvalue weighted by Gasteiger charge is -2.07. The minimum Gasteiger partial charge on any atom is -0.267 e. The third-order valence-electron chi connectivity index (χ3n) is 2.40. The zero-order valence-electron chi connectivity index (χ0n) is 9.95. The Labute approximate surface area is 125 Å². The van der Waals surface area contributed by atoms with Crippen LogP contribution in [0.5, 0.6) is 0 Å². The fourth-order valence-corrected chi connectivity index (χ4v) is 2.81. The molecule has 100 valence electrons. The summed E-state index contributed by atoms with van der Waals surface area (Å²) in [5, 5.41) is 0. The van der Waals surface area contributed by atoms with Crippen molar-refractivity contribution >= 4 is 38.4 Å². The van der Waals surface area contributed by atoms with Gasteiger partial charge >= 0.3 is 0 Å². The average Bonchev–Trinajstić information content (AvgIpc) is 2.40. The number of hydrogen-bond donors (Lipinski definition) is 1. The molecule has 5 nitrogen and oxygen atoms in total. The van der Waals surface area contributed by atoms with Gasteiger partial charge in [0.05, 0.1) is 5.75 Å². The van der Waals surface area contributed by atoms with Crippen LogP contribution in [-0.4, -0.2) is 24.1 Å². The standard InChI is InChI=1S/C12H12IN3O2S/c13-11-1-2-12(15-9-11)16-19(17,18)8-5-10-3-6-14-7-4-10/h1-4,6-7,9H,5,8H2,(H,15,16). The first-order chi connectivity index (χ1) is 9.05. The highest BCUT2D eigenvalue weighted by Gasteiger charge is 2.11. The highest BCUT2D eigenvalue weighted by atomic mass is 127. The van der Waals surface area contributed by atoms with Gasteiger partial charge in [-0.15, -0.1) is 0 Å². The van der Waals surface area contributed by atoms with Crippen LogP contribution in [-0.2, 0) is 16.4 Å². The van der Waals surface area contributed by atoms with Crippen molar-refractivity contribution in [2.24, 2.45) is 0 Å². The van der Waals surface area contributed by atoms with E-state index in [1.807, 2.05) is 0 Å². The molecule has 7 heteroatoms. The van der Waals surface area contributed by atoms with E-state index in [2.05, 4.69) is 37.3 Å². The zero-order chi connectivity index (χ0) is 13.7. The van der Waals surface area contributed by atoms with Crippen LogP contribution in [0.3, 0.4) is 0 Å². The van der Waals surface area contributed by atoms with E-state index in [-0.39, 0.29) is 5.75 Å². The molecule has 2 rings (SSSR count). The highest BCUT2D eigenvalue weighted by Crippen LogP contribution is 2.09. The van der Waals surface area contributed by atoms with Crippen molar-refractivity contribution in [2.75, 3.05) is 10.5 Å². The summed E-state index contributed by atoms with van der Waals surface area (Å²) in [5.41, 5.74) is 0.941. The first-order valence-corrected chi connectivity index (χ1v) is 8.29. The molecule has 0 aromatic carbocycles. The summed E-state index contributed by atoms with van der Waals surface area (Å²) in [6.07, 6.45) is 5.36. The fraction of sp³-hybridized carbons (Fsp3) is 0.167. The summed E-state index contributed by atoms with van der Waals surface area (Å²) in [6, 6.07) is 7.05. The molecule has 2 aromatic rings. The molecule has 0 unspecified atom stereocenters. The van der Waals surface area contributed by atoms with Crippen molar-refractivity contribution in [3.63, 3.8) is 0 Å². The van der Waals surface area contributed by atoms with Gasteiger partial charge in [-0.25, -0.2) is 13.4 Å². The summed E-state index contributed by atoms with van der Waals surface area (Å²) >= 11 is 2.11. The molecule has 2 aromatic heterocycles. The maximum atomic E-state index is 11.9. The van der Waals surface area contributed by atoms with Gasteiger partial charge in [-0.2, -0.15) is 0 Å². The third-order valence-corrected chi connectivity index (χ3v) is 4.30. The zero-order valence-corrected chi connectivity index (χ0v) is 12.9. The molecule has 0 radical (unpaired) electrons. The predicted molar refractivity (Wildman–Crippen MR) is 82.3 cm³/mol. The second kappa shape index (κ2) is 6.29. The third kappa shape index (κ3) is 4.75. The van der Waals surface area contributed by atoms with Crippen LogP contribution in [0.2, 0.25) is 0 Å². The minimum atomic E-state index is -3.38. The molecule has 0 aliphatic rings. The van der Waals surface area contributed by atoms with Gasteiger partial charge in [-0.1, -0.05) is 0 Å². The molecular formula is C12H12IN3O2S. The van der Waals surface area contributed by atoms with Crippen molar-refractivity contribution in [3.8, 4) is 0 Å².